The molecule has 0 saturated carbocycles. The molecule has 128 valence electrons. The highest BCUT2D eigenvalue weighted by Crippen LogP contribution is 2.36. The first-order valence-corrected chi connectivity index (χ1v) is 8.61. The molecule has 1 fully saturated rings. The predicted molar refractivity (Wildman–Crippen MR) is 96.6 cm³/mol. The maximum atomic E-state index is 12.6. The molecule has 2 aromatic rings. The number of piperidine rings is 1. The molecule has 2 aromatic carbocycles. The molecular formula is C20H20N2O3. The monoisotopic (exact) mass is 336 g/mol. The van der Waals surface area contributed by atoms with Crippen molar-refractivity contribution in [2.45, 2.75) is 19.3 Å². The van der Waals surface area contributed by atoms with E-state index < -0.39 is 0 Å². The third-order valence-corrected chi connectivity index (χ3v) is 4.91. The van der Waals surface area contributed by atoms with Gasteiger partial charge in [0.15, 0.2) is 0 Å². The SMILES string of the molecule is COc1cc(N2C(=O)c3ccccc3C2=O)ccc1N1CCCCC1. The summed E-state index contributed by atoms with van der Waals surface area (Å²) in [5, 5.41) is 0. The van der Waals surface area contributed by atoms with E-state index in [4.69, 9.17) is 4.74 Å². The van der Waals surface area contributed by atoms with Gasteiger partial charge < -0.3 is 9.64 Å². The Morgan fingerprint density at radius 2 is 1.52 bits per heavy atom. The summed E-state index contributed by atoms with van der Waals surface area (Å²) in [4.78, 5) is 28.8. The molecule has 1 saturated heterocycles. The molecular weight excluding hydrogens is 316 g/mol. The minimum absolute atomic E-state index is 0.284. The van der Waals surface area contributed by atoms with Crippen LogP contribution in [0.15, 0.2) is 42.5 Å². The standard InChI is InChI=1S/C20H20N2O3/c1-25-18-13-14(9-10-17(18)21-11-5-2-6-12-21)22-19(23)15-7-3-4-8-16(15)20(22)24/h3-4,7-10,13H,2,5-6,11-12H2,1H3. The van der Waals surface area contributed by atoms with Crippen LogP contribution < -0.4 is 14.5 Å². The largest absolute Gasteiger partial charge is 0.495 e. The van der Waals surface area contributed by atoms with E-state index in [0.29, 0.717) is 22.6 Å². The van der Waals surface area contributed by atoms with Gasteiger partial charge in [0.25, 0.3) is 11.8 Å². The molecule has 4 rings (SSSR count). The number of fused-ring (bicyclic) bond motifs is 1. The zero-order chi connectivity index (χ0) is 17.4. The molecule has 25 heavy (non-hydrogen) atoms. The Labute approximate surface area is 146 Å². The average molecular weight is 336 g/mol. The van der Waals surface area contributed by atoms with Crippen molar-refractivity contribution in [1.29, 1.82) is 0 Å². The Bertz CT molecular complexity index is 806. The molecule has 2 heterocycles. The number of carbonyl (C=O) groups is 2. The van der Waals surface area contributed by atoms with Crippen LogP contribution in [0.5, 0.6) is 5.75 Å². The van der Waals surface area contributed by atoms with Crippen LogP contribution in [0.4, 0.5) is 11.4 Å². The van der Waals surface area contributed by atoms with E-state index in [1.54, 1.807) is 37.4 Å². The van der Waals surface area contributed by atoms with E-state index in [2.05, 4.69) is 4.90 Å². The van der Waals surface area contributed by atoms with Crippen molar-refractivity contribution in [3.05, 3.63) is 53.6 Å². The van der Waals surface area contributed by atoms with Gasteiger partial charge in [-0.2, -0.15) is 0 Å². The van der Waals surface area contributed by atoms with Gasteiger partial charge in [-0.3, -0.25) is 9.59 Å². The average Bonchev–Trinajstić information content (AvgIpc) is 2.93. The maximum Gasteiger partial charge on any atom is 0.266 e. The minimum atomic E-state index is -0.284. The number of nitrogens with zero attached hydrogens (tertiary/aromatic N) is 2. The van der Waals surface area contributed by atoms with Crippen molar-refractivity contribution >= 4 is 23.2 Å². The fourth-order valence-corrected chi connectivity index (χ4v) is 3.63. The first kappa shape index (κ1) is 15.7. The molecule has 0 spiro atoms. The lowest BCUT2D eigenvalue weighted by Crippen LogP contribution is -2.31. The lowest BCUT2D eigenvalue weighted by molar-refractivity contribution is 0.0926. The molecule has 2 amide bonds. The minimum Gasteiger partial charge on any atom is -0.495 e. The Morgan fingerprint density at radius 1 is 0.880 bits per heavy atom. The lowest BCUT2D eigenvalue weighted by Gasteiger charge is -2.30. The first-order valence-electron chi connectivity index (χ1n) is 8.61. The number of benzene rings is 2. The summed E-state index contributed by atoms with van der Waals surface area (Å²) in [7, 11) is 1.62. The third kappa shape index (κ3) is 2.56. The molecule has 0 aromatic heterocycles. The molecule has 0 atom stereocenters. The van der Waals surface area contributed by atoms with E-state index in [9.17, 15) is 9.59 Å². The Balaban J connectivity index is 1.70. The van der Waals surface area contributed by atoms with Crippen LogP contribution in [0.2, 0.25) is 0 Å². The molecule has 2 aliphatic heterocycles. The van der Waals surface area contributed by atoms with Crippen molar-refractivity contribution in [1.82, 2.24) is 0 Å². The van der Waals surface area contributed by atoms with Gasteiger partial charge >= 0.3 is 0 Å². The summed E-state index contributed by atoms with van der Waals surface area (Å²) in [6.07, 6.45) is 3.60. The number of amides is 2. The van der Waals surface area contributed by atoms with E-state index >= 15 is 0 Å². The van der Waals surface area contributed by atoms with E-state index in [0.717, 1.165) is 18.8 Å². The van der Waals surface area contributed by atoms with Crippen molar-refractivity contribution < 1.29 is 14.3 Å². The number of carbonyl (C=O) groups excluding carboxylic acids is 2. The zero-order valence-corrected chi connectivity index (χ0v) is 14.2. The Morgan fingerprint density at radius 3 is 2.12 bits per heavy atom. The molecule has 0 bridgehead atoms. The van der Waals surface area contributed by atoms with Gasteiger partial charge in [0, 0.05) is 19.2 Å². The summed E-state index contributed by atoms with van der Waals surface area (Å²) >= 11 is 0. The normalized spacial score (nSPS) is 17.0. The number of rotatable bonds is 3. The smallest absolute Gasteiger partial charge is 0.266 e. The highest BCUT2D eigenvalue weighted by molar-refractivity contribution is 6.34. The summed E-state index contributed by atoms with van der Waals surface area (Å²) < 4.78 is 5.56. The second-order valence-corrected chi connectivity index (χ2v) is 6.40. The summed E-state index contributed by atoms with van der Waals surface area (Å²) in [5.74, 6) is 0.123. The van der Waals surface area contributed by atoms with Gasteiger partial charge in [-0.05, 0) is 43.5 Å². The molecule has 2 aliphatic rings. The van der Waals surface area contributed by atoms with Gasteiger partial charge in [0.2, 0.25) is 0 Å². The van der Waals surface area contributed by atoms with E-state index in [-0.39, 0.29) is 11.8 Å². The molecule has 5 heteroatoms. The summed E-state index contributed by atoms with van der Waals surface area (Å²) in [5.41, 5.74) is 2.46. The van der Waals surface area contributed by atoms with Gasteiger partial charge in [-0.15, -0.1) is 0 Å². The van der Waals surface area contributed by atoms with Crippen molar-refractivity contribution in [2.24, 2.45) is 0 Å². The summed E-state index contributed by atoms with van der Waals surface area (Å²) in [6.45, 7) is 2.01. The van der Waals surface area contributed by atoms with Crippen LogP contribution in [0.1, 0.15) is 40.0 Å². The van der Waals surface area contributed by atoms with Crippen molar-refractivity contribution in [2.75, 3.05) is 30.0 Å². The molecule has 0 radical (unpaired) electrons. The van der Waals surface area contributed by atoms with Gasteiger partial charge in [-0.1, -0.05) is 12.1 Å². The first-order chi connectivity index (χ1) is 12.2. The van der Waals surface area contributed by atoms with Crippen LogP contribution in [-0.4, -0.2) is 32.0 Å². The van der Waals surface area contributed by atoms with E-state index in [1.807, 2.05) is 12.1 Å². The highest BCUT2D eigenvalue weighted by Gasteiger charge is 2.36. The maximum absolute atomic E-state index is 12.6. The van der Waals surface area contributed by atoms with Gasteiger partial charge in [-0.25, -0.2) is 4.90 Å². The number of hydrogen-bond donors (Lipinski definition) is 0. The quantitative estimate of drug-likeness (QED) is 0.805. The van der Waals surface area contributed by atoms with Crippen molar-refractivity contribution in [3.8, 4) is 5.75 Å². The lowest BCUT2D eigenvalue weighted by atomic mass is 10.1. The van der Waals surface area contributed by atoms with E-state index in [1.165, 1.54) is 24.2 Å². The number of anilines is 2. The van der Waals surface area contributed by atoms with Gasteiger partial charge in [0.1, 0.15) is 5.75 Å². The van der Waals surface area contributed by atoms with Crippen LogP contribution in [0.3, 0.4) is 0 Å². The number of methoxy groups -OCH3 is 1. The zero-order valence-electron chi connectivity index (χ0n) is 14.2. The number of ether oxygens (including phenoxy) is 1. The molecule has 0 aliphatic carbocycles. The fourth-order valence-electron chi connectivity index (χ4n) is 3.63. The number of hydrogen-bond acceptors (Lipinski definition) is 4. The molecule has 0 unspecified atom stereocenters. The molecule has 0 N–H and O–H groups in total. The Kier molecular flexibility index (Phi) is 3.92. The topological polar surface area (TPSA) is 49.9 Å². The van der Waals surface area contributed by atoms with Crippen molar-refractivity contribution in [3.63, 3.8) is 0 Å². The van der Waals surface area contributed by atoms with Crippen LogP contribution in [-0.2, 0) is 0 Å². The van der Waals surface area contributed by atoms with Gasteiger partial charge in [0.05, 0.1) is 29.6 Å². The second kappa shape index (κ2) is 6.24. The highest BCUT2D eigenvalue weighted by atomic mass is 16.5. The third-order valence-electron chi connectivity index (χ3n) is 4.91. The summed E-state index contributed by atoms with van der Waals surface area (Å²) in [6, 6.07) is 12.5. The number of imide groups is 1. The Hall–Kier alpha value is -2.82. The van der Waals surface area contributed by atoms with Crippen LogP contribution in [0, 0.1) is 0 Å². The molecule has 5 nitrogen and oxygen atoms in total. The second-order valence-electron chi connectivity index (χ2n) is 6.40. The fraction of sp³-hybridized carbons (Fsp3) is 0.300. The van der Waals surface area contributed by atoms with Crippen LogP contribution in [0.25, 0.3) is 0 Å². The van der Waals surface area contributed by atoms with Crippen LogP contribution >= 0.6 is 0 Å². The predicted octanol–water partition coefficient (Wildman–Crippen LogP) is 3.49.